The molecule has 2 aromatic rings. The number of rotatable bonds is 6. The third-order valence-corrected chi connectivity index (χ3v) is 7.08. The first-order valence-electron chi connectivity index (χ1n) is 9.79. The fourth-order valence-electron chi connectivity index (χ4n) is 3.24. The second-order valence-electron chi connectivity index (χ2n) is 7.41. The molecule has 172 valence electrons. The minimum absolute atomic E-state index is 0.165. The van der Waals surface area contributed by atoms with Gasteiger partial charge in [-0.3, -0.25) is 9.10 Å². The molecule has 2 aromatic carbocycles. The molecule has 32 heavy (non-hydrogen) atoms. The van der Waals surface area contributed by atoms with Crippen LogP contribution >= 0.6 is 11.6 Å². The number of nitrogens with zero attached hydrogens (tertiary/aromatic N) is 2. The van der Waals surface area contributed by atoms with Crippen LogP contribution in [0.15, 0.2) is 52.5 Å². The van der Waals surface area contributed by atoms with E-state index in [0.29, 0.717) is 10.4 Å². The number of nitrogens with one attached hydrogen (secondary N) is 1. The van der Waals surface area contributed by atoms with Crippen molar-refractivity contribution in [2.24, 2.45) is 5.10 Å². The maximum atomic E-state index is 13.4. The highest BCUT2D eigenvalue weighted by atomic mass is 35.5. The van der Waals surface area contributed by atoms with Gasteiger partial charge in [0.1, 0.15) is 6.54 Å². The normalized spacial score (nSPS) is 14.3. The summed E-state index contributed by atoms with van der Waals surface area (Å²) in [6, 6.07) is 8.46. The molecule has 0 radical (unpaired) electrons. The molecule has 0 bridgehead atoms. The van der Waals surface area contributed by atoms with Crippen LogP contribution in [0.2, 0.25) is 5.02 Å². The lowest BCUT2D eigenvalue weighted by Crippen LogP contribution is -2.40. The molecule has 1 fully saturated rings. The monoisotopic (exact) mass is 487 g/mol. The number of halogens is 4. The second-order valence-corrected chi connectivity index (χ2v) is 9.68. The number of hydrazone groups is 1. The fraction of sp³-hybridized carbons (Fsp3) is 0.333. The lowest BCUT2D eigenvalue weighted by Gasteiger charge is -2.25. The predicted molar refractivity (Wildman–Crippen MR) is 116 cm³/mol. The highest BCUT2D eigenvalue weighted by Gasteiger charge is 2.35. The summed E-state index contributed by atoms with van der Waals surface area (Å²) in [6.07, 6.45) is -1.43. The summed E-state index contributed by atoms with van der Waals surface area (Å²) in [6.45, 7) is 1.00. The Bertz CT molecular complexity index is 1130. The van der Waals surface area contributed by atoms with Crippen LogP contribution in [0.1, 0.15) is 36.8 Å². The molecule has 1 aliphatic carbocycles. The summed E-state index contributed by atoms with van der Waals surface area (Å²) in [7, 11) is -4.36. The van der Waals surface area contributed by atoms with Gasteiger partial charge in [0.25, 0.3) is 15.9 Å². The molecule has 0 aliphatic heterocycles. The van der Waals surface area contributed by atoms with E-state index in [1.54, 1.807) is 19.1 Å². The molecule has 0 saturated heterocycles. The van der Waals surface area contributed by atoms with Crippen molar-refractivity contribution in [2.75, 3.05) is 10.8 Å². The molecule has 0 unspecified atom stereocenters. The molecular weight excluding hydrogens is 467 g/mol. The molecule has 0 spiro atoms. The van der Waals surface area contributed by atoms with E-state index in [-0.39, 0.29) is 10.6 Å². The summed E-state index contributed by atoms with van der Waals surface area (Å²) >= 11 is 5.68. The third-order valence-electron chi connectivity index (χ3n) is 4.96. The highest BCUT2D eigenvalue weighted by Crippen LogP contribution is 2.38. The third kappa shape index (κ3) is 5.60. The van der Waals surface area contributed by atoms with Crippen molar-refractivity contribution in [2.45, 2.75) is 43.7 Å². The van der Waals surface area contributed by atoms with Crippen LogP contribution in [0.25, 0.3) is 0 Å². The van der Waals surface area contributed by atoms with Crippen LogP contribution in [0.5, 0.6) is 0 Å². The van der Waals surface area contributed by atoms with Gasteiger partial charge in [-0.15, -0.1) is 0 Å². The maximum Gasteiger partial charge on any atom is 0.417 e. The first-order valence-corrected chi connectivity index (χ1v) is 11.6. The second kappa shape index (κ2) is 9.50. The molecule has 11 heteroatoms. The van der Waals surface area contributed by atoms with Gasteiger partial charge >= 0.3 is 6.18 Å². The number of hydrogen-bond acceptors (Lipinski definition) is 4. The van der Waals surface area contributed by atoms with Gasteiger partial charge in [-0.05, 0) is 62.9 Å². The Labute approximate surface area is 189 Å². The van der Waals surface area contributed by atoms with Gasteiger partial charge in [0.2, 0.25) is 0 Å². The molecule has 1 amide bonds. The maximum absolute atomic E-state index is 13.4. The van der Waals surface area contributed by atoms with Crippen molar-refractivity contribution >= 4 is 38.9 Å². The van der Waals surface area contributed by atoms with E-state index in [1.165, 1.54) is 12.1 Å². The Morgan fingerprint density at radius 3 is 2.34 bits per heavy atom. The number of hydrogen-bond donors (Lipinski definition) is 1. The quantitative estimate of drug-likeness (QED) is 0.588. The Balaban J connectivity index is 2.00. The molecule has 3 rings (SSSR count). The van der Waals surface area contributed by atoms with Gasteiger partial charge in [-0.1, -0.05) is 29.3 Å². The number of carbonyl (C=O) groups is 1. The molecule has 0 aromatic heterocycles. The van der Waals surface area contributed by atoms with Crippen LogP contribution in [-0.2, 0) is 21.0 Å². The smallest absolute Gasteiger partial charge is 0.271 e. The summed E-state index contributed by atoms with van der Waals surface area (Å²) < 4.78 is 67.3. The van der Waals surface area contributed by atoms with Gasteiger partial charge < -0.3 is 0 Å². The summed E-state index contributed by atoms with van der Waals surface area (Å²) in [5, 5.41) is 3.42. The molecule has 1 N–H and O–H groups in total. The SMILES string of the molecule is Cc1ccc(S(=O)(=O)N(CC(=O)NN=C2CCCC2)c2ccc(Cl)c(C(F)(F)F)c2)cc1. The van der Waals surface area contributed by atoms with E-state index >= 15 is 0 Å². The minimum Gasteiger partial charge on any atom is -0.271 e. The van der Waals surface area contributed by atoms with Gasteiger partial charge in [0.05, 0.1) is 21.2 Å². The number of amides is 1. The average molecular weight is 488 g/mol. The van der Waals surface area contributed by atoms with E-state index < -0.39 is 39.2 Å². The lowest BCUT2D eigenvalue weighted by molar-refractivity contribution is -0.137. The topological polar surface area (TPSA) is 78.8 Å². The number of sulfonamides is 1. The van der Waals surface area contributed by atoms with Crippen LogP contribution in [0, 0.1) is 6.92 Å². The lowest BCUT2D eigenvalue weighted by atomic mass is 10.2. The molecule has 0 heterocycles. The average Bonchev–Trinajstić information content (AvgIpc) is 3.24. The Kier molecular flexibility index (Phi) is 7.14. The molecule has 6 nitrogen and oxygen atoms in total. The van der Waals surface area contributed by atoms with Crippen molar-refractivity contribution in [3.8, 4) is 0 Å². The van der Waals surface area contributed by atoms with Crippen molar-refractivity contribution in [1.82, 2.24) is 5.43 Å². The molecular formula is C21H21ClF3N3O3S. The standard InChI is InChI=1S/C21H21ClF3N3O3S/c1-14-6-9-17(10-7-14)32(30,31)28(13-20(29)27-26-15-4-2-3-5-15)16-8-11-19(22)18(12-16)21(23,24)25/h6-12H,2-5,13H2,1H3,(H,27,29). The minimum atomic E-state index is -4.80. The van der Waals surface area contributed by atoms with Crippen LogP contribution in [0.4, 0.5) is 18.9 Å². The van der Waals surface area contributed by atoms with Gasteiger partial charge in [0, 0.05) is 5.71 Å². The zero-order valence-corrected chi connectivity index (χ0v) is 18.7. The first kappa shape index (κ1) is 24.1. The number of alkyl halides is 3. The van der Waals surface area contributed by atoms with E-state index in [0.717, 1.165) is 49.1 Å². The Hall–Kier alpha value is -2.59. The number of benzene rings is 2. The summed E-state index contributed by atoms with van der Waals surface area (Å²) in [4.78, 5) is 12.3. The molecule has 0 atom stereocenters. The van der Waals surface area contributed by atoms with Crippen molar-refractivity contribution in [3.63, 3.8) is 0 Å². The predicted octanol–water partition coefficient (Wildman–Crippen LogP) is 4.91. The first-order chi connectivity index (χ1) is 15.0. The van der Waals surface area contributed by atoms with Crippen LogP contribution in [0.3, 0.4) is 0 Å². The number of carbonyl (C=O) groups excluding carboxylic acids is 1. The van der Waals surface area contributed by atoms with Crippen molar-refractivity contribution in [1.29, 1.82) is 0 Å². The number of aryl methyl sites for hydroxylation is 1. The highest BCUT2D eigenvalue weighted by molar-refractivity contribution is 7.92. The van der Waals surface area contributed by atoms with Crippen molar-refractivity contribution < 1.29 is 26.4 Å². The molecule has 1 aliphatic rings. The van der Waals surface area contributed by atoms with E-state index in [1.807, 2.05) is 0 Å². The zero-order valence-electron chi connectivity index (χ0n) is 17.1. The summed E-state index contributed by atoms with van der Waals surface area (Å²) in [5.41, 5.74) is 2.35. The van der Waals surface area contributed by atoms with Crippen LogP contribution < -0.4 is 9.73 Å². The van der Waals surface area contributed by atoms with Crippen LogP contribution in [-0.4, -0.2) is 26.6 Å². The number of anilines is 1. The van der Waals surface area contributed by atoms with Gasteiger partial charge in [-0.25, -0.2) is 13.8 Å². The van der Waals surface area contributed by atoms with Crippen molar-refractivity contribution in [3.05, 3.63) is 58.6 Å². The Morgan fingerprint density at radius 1 is 1.12 bits per heavy atom. The van der Waals surface area contributed by atoms with Gasteiger partial charge in [-0.2, -0.15) is 18.3 Å². The summed E-state index contributed by atoms with van der Waals surface area (Å²) in [5.74, 6) is -0.774. The van der Waals surface area contributed by atoms with E-state index in [9.17, 15) is 26.4 Å². The fourth-order valence-corrected chi connectivity index (χ4v) is 4.88. The van der Waals surface area contributed by atoms with E-state index in [2.05, 4.69) is 10.5 Å². The Morgan fingerprint density at radius 2 is 1.75 bits per heavy atom. The van der Waals surface area contributed by atoms with E-state index in [4.69, 9.17) is 11.6 Å². The molecule has 1 saturated carbocycles. The van der Waals surface area contributed by atoms with Gasteiger partial charge in [0.15, 0.2) is 0 Å². The zero-order chi connectivity index (χ0) is 23.5. The largest absolute Gasteiger partial charge is 0.417 e.